The van der Waals surface area contributed by atoms with E-state index in [1.165, 1.54) is 0 Å². The fraction of sp³-hybridized carbons (Fsp3) is 0.429. The smallest absolute Gasteiger partial charge is 0.154 e. The third-order valence-corrected chi connectivity index (χ3v) is 6.44. The molecular formula is C21H28N2O2S. The molecule has 0 saturated carbocycles. The van der Waals surface area contributed by atoms with Crippen LogP contribution in [0.25, 0.3) is 0 Å². The molecule has 1 aliphatic rings. The van der Waals surface area contributed by atoms with Gasteiger partial charge >= 0.3 is 0 Å². The van der Waals surface area contributed by atoms with Gasteiger partial charge in [-0.1, -0.05) is 39.0 Å². The molecule has 0 fully saturated rings. The maximum Gasteiger partial charge on any atom is 0.154 e. The minimum atomic E-state index is -1.31. The number of hydrogen-bond donors (Lipinski definition) is 0. The molecule has 2 aromatic carbocycles. The minimum absolute atomic E-state index is 0.0675. The number of hydroxylamine groups is 1. The zero-order chi connectivity index (χ0) is 19.1. The highest BCUT2D eigenvalue weighted by molar-refractivity contribution is 7.85. The molecule has 1 aliphatic heterocycles. The Morgan fingerprint density at radius 2 is 1.69 bits per heavy atom. The van der Waals surface area contributed by atoms with Gasteiger partial charge in [0, 0.05) is 25.1 Å². The van der Waals surface area contributed by atoms with Crippen molar-refractivity contribution in [2.24, 2.45) is 0 Å². The summed E-state index contributed by atoms with van der Waals surface area (Å²) in [5.41, 5.74) is 2.28. The lowest BCUT2D eigenvalue weighted by molar-refractivity contribution is 0.367. The van der Waals surface area contributed by atoms with E-state index in [2.05, 4.69) is 25.7 Å². The molecule has 5 heteroatoms. The van der Waals surface area contributed by atoms with Crippen molar-refractivity contribution in [2.45, 2.75) is 42.4 Å². The highest BCUT2D eigenvalue weighted by Crippen LogP contribution is 2.48. The van der Waals surface area contributed by atoms with Crippen molar-refractivity contribution in [2.75, 3.05) is 27.2 Å². The number of rotatable bonds is 4. The zero-order valence-electron chi connectivity index (χ0n) is 16.3. The van der Waals surface area contributed by atoms with Gasteiger partial charge < -0.3 is 10.1 Å². The molecule has 0 aliphatic carbocycles. The summed E-state index contributed by atoms with van der Waals surface area (Å²) in [5.74, 6) is 0. The van der Waals surface area contributed by atoms with E-state index in [0.717, 1.165) is 18.5 Å². The van der Waals surface area contributed by atoms with Crippen molar-refractivity contribution in [1.29, 1.82) is 0 Å². The van der Waals surface area contributed by atoms with Crippen LogP contribution in [-0.4, -0.2) is 36.3 Å². The average molecular weight is 373 g/mol. The third kappa shape index (κ3) is 3.37. The summed E-state index contributed by atoms with van der Waals surface area (Å²) < 4.78 is 12.6. The Morgan fingerprint density at radius 3 is 2.35 bits per heavy atom. The third-order valence-electron chi connectivity index (χ3n) is 4.95. The monoisotopic (exact) mass is 372 g/mol. The normalized spacial score (nSPS) is 22.2. The number of fused-ring (bicyclic) bond motifs is 2. The number of nitrogens with zero attached hydrogens (tertiary/aromatic N) is 2. The quantitative estimate of drug-likeness (QED) is 0.584. The van der Waals surface area contributed by atoms with Crippen LogP contribution >= 0.6 is 0 Å². The van der Waals surface area contributed by atoms with Gasteiger partial charge in [0.2, 0.25) is 0 Å². The van der Waals surface area contributed by atoms with Gasteiger partial charge in [0.25, 0.3) is 0 Å². The number of para-hydroxylation sites is 1. The molecule has 140 valence electrons. The van der Waals surface area contributed by atoms with Crippen molar-refractivity contribution < 1.29 is 4.21 Å². The number of hydrogen-bond acceptors (Lipinski definition) is 3. The molecule has 2 atom stereocenters. The summed E-state index contributed by atoms with van der Waals surface area (Å²) >= 11 is 0. The van der Waals surface area contributed by atoms with Crippen molar-refractivity contribution >= 4 is 22.2 Å². The molecule has 0 N–H and O–H groups in total. The first-order valence-corrected chi connectivity index (χ1v) is 10.2. The van der Waals surface area contributed by atoms with Gasteiger partial charge in [-0.3, -0.25) is 4.65 Å². The van der Waals surface area contributed by atoms with E-state index in [0.29, 0.717) is 27.7 Å². The average Bonchev–Trinajstić information content (AvgIpc) is 2.58. The second-order valence-electron chi connectivity index (χ2n) is 8.29. The predicted octanol–water partition coefficient (Wildman–Crippen LogP) is 4.55. The lowest BCUT2D eigenvalue weighted by Crippen LogP contribution is -2.43. The van der Waals surface area contributed by atoms with Crippen molar-refractivity contribution in [1.82, 2.24) is 9.55 Å². The van der Waals surface area contributed by atoms with E-state index in [9.17, 15) is 9.42 Å². The summed E-state index contributed by atoms with van der Waals surface area (Å²) in [7, 11) is 2.72. The van der Waals surface area contributed by atoms with Crippen LogP contribution < -0.4 is 4.65 Å². The van der Waals surface area contributed by atoms with Gasteiger partial charge in [-0.2, -0.15) is 0 Å². The molecule has 0 saturated heterocycles. The van der Waals surface area contributed by atoms with E-state index < -0.39 is 15.4 Å². The van der Waals surface area contributed by atoms with Gasteiger partial charge in [0.05, 0.1) is 17.3 Å². The molecule has 0 bridgehead atoms. The summed E-state index contributed by atoms with van der Waals surface area (Å²) in [6.45, 7) is 7.69. The van der Waals surface area contributed by atoms with Crippen molar-refractivity contribution in [3.63, 3.8) is 0 Å². The Balaban J connectivity index is 2.16. The molecule has 0 aromatic heterocycles. The zero-order valence-corrected chi connectivity index (χ0v) is 17.1. The first-order chi connectivity index (χ1) is 12.1. The summed E-state index contributed by atoms with van der Waals surface area (Å²) in [6.07, 6.45) is 0.774. The largest absolute Gasteiger partial charge is 0.622 e. The first kappa shape index (κ1) is 19.2. The fourth-order valence-corrected chi connectivity index (χ4v) is 4.87. The Hall–Kier alpha value is -1.53. The van der Waals surface area contributed by atoms with Crippen LogP contribution in [0.15, 0.2) is 52.3 Å². The molecule has 4 nitrogen and oxygen atoms in total. The van der Waals surface area contributed by atoms with E-state index in [1.54, 1.807) is 0 Å². The number of benzene rings is 2. The first-order valence-electron chi connectivity index (χ1n) is 9.05. The van der Waals surface area contributed by atoms with Crippen molar-refractivity contribution in [3.05, 3.63) is 53.2 Å². The van der Waals surface area contributed by atoms with Crippen LogP contribution in [-0.2, 0) is 16.2 Å². The lowest BCUT2D eigenvalue weighted by Gasteiger charge is -2.46. The van der Waals surface area contributed by atoms with Gasteiger partial charge in [0.15, 0.2) is 11.4 Å². The minimum Gasteiger partial charge on any atom is -0.622 e. The highest BCUT2D eigenvalue weighted by Gasteiger charge is 2.38. The van der Waals surface area contributed by atoms with Gasteiger partial charge in [-0.25, -0.2) is 4.21 Å². The van der Waals surface area contributed by atoms with Crippen molar-refractivity contribution in [3.8, 4) is 0 Å². The molecule has 0 radical (unpaired) electrons. The van der Waals surface area contributed by atoms with E-state index in [-0.39, 0.29) is 5.41 Å². The lowest BCUT2D eigenvalue weighted by atomic mass is 9.86. The summed E-state index contributed by atoms with van der Waals surface area (Å²) in [5, 5.41) is 14.2. The second kappa shape index (κ2) is 6.89. The Labute approximate surface area is 159 Å². The fourth-order valence-electron chi connectivity index (χ4n) is 3.43. The molecule has 0 spiro atoms. The molecule has 26 heavy (non-hydrogen) atoms. The van der Waals surface area contributed by atoms with Crippen LogP contribution in [0.1, 0.15) is 32.8 Å². The topological polar surface area (TPSA) is 43.4 Å². The summed E-state index contributed by atoms with van der Waals surface area (Å²) in [4.78, 5) is 3.38. The molecule has 3 rings (SSSR count). The number of quaternary nitrogens is 1. The maximum atomic E-state index is 14.2. The van der Waals surface area contributed by atoms with Gasteiger partial charge in [0.1, 0.15) is 9.79 Å². The van der Waals surface area contributed by atoms with Crippen LogP contribution in [0.5, 0.6) is 0 Å². The van der Waals surface area contributed by atoms with Gasteiger partial charge in [-0.05, 0) is 37.2 Å². The Bertz CT molecular complexity index is 842. The standard InChI is InChI=1S/C21H28N2O2S/c1-21(2,3)16-11-12-20-18(15-16)23(24,14-8-13-22(4)5)17-9-6-7-10-19(17)26(20)25/h6-7,9-12,15H,8,13-14H2,1-5H3. The maximum absolute atomic E-state index is 14.2. The van der Waals surface area contributed by atoms with Gasteiger partial charge in [-0.15, -0.1) is 0 Å². The van der Waals surface area contributed by atoms with Crippen LogP contribution in [0.2, 0.25) is 0 Å². The van der Waals surface area contributed by atoms with E-state index in [4.69, 9.17) is 0 Å². The highest BCUT2D eigenvalue weighted by atomic mass is 32.2. The van der Waals surface area contributed by atoms with Crippen LogP contribution in [0.4, 0.5) is 11.4 Å². The predicted molar refractivity (Wildman–Crippen MR) is 109 cm³/mol. The van der Waals surface area contributed by atoms with Crippen LogP contribution in [0.3, 0.4) is 0 Å². The molecule has 2 unspecified atom stereocenters. The Morgan fingerprint density at radius 1 is 1.04 bits per heavy atom. The Kier molecular flexibility index (Phi) is 5.10. The van der Waals surface area contributed by atoms with E-state index in [1.807, 2.05) is 56.6 Å². The molecule has 1 heterocycles. The molecular weight excluding hydrogens is 344 g/mol. The second-order valence-corrected chi connectivity index (χ2v) is 9.71. The summed E-state index contributed by atoms with van der Waals surface area (Å²) in [6, 6.07) is 13.3. The SMILES string of the molecule is CN(C)CCC[N+]1([O-])c2ccccc2S(=O)c2ccc(C(C)(C)C)cc21. The van der Waals surface area contributed by atoms with E-state index >= 15 is 0 Å². The molecule has 2 aromatic rings. The molecule has 0 amide bonds. The van der Waals surface area contributed by atoms with Crippen LogP contribution in [0, 0.1) is 5.21 Å².